The summed E-state index contributed by atoms with van der Waals surface area (Å²) >= 11 is 0. The van der Waals surface area contributed by atoms with Gasteiger partial charge in [0.1, 0.15) is 5.75 Å². The van der Waals surface area contributed by atoms with Gasteiger partial charge in [-0.1, -0.05) is 36.0 Å². The number of benzene rings is 1. The molecule has 98 valence electrons. The van der Waals surface area contributed by atoms with Crippen molar-refractivity contribution in [3.05, 3.63) is 29.3 Å². The summed E-state index contributed by atoms with van der Waals surface area (Å²) in [6.45, 7) is 2.66. The van der Waals surface area contributed by atoms with E-state index in [1.807, 2.05) is 25.1 Å². The maximum Gasteiger partial charge on any atom is 0.173 e. The monoisotopic (exact) mass is 248 g/mol. The van der Waals surface area contributed by atoms with E-state index in [0.717, 1.165) is 17.9 Å². The molecule has 18 heavy (non-hydrogen) atoms. The summed E-state index contributed by atoms with van der Waals surface area (Å²) in [7, 11) is 0. The molecule has 1 aliphatic carbocycles. The normalized spacial score (nSPS) is 16.4. The summed E-state index contributed by atoms with van der Waals surface area (Å²) in [5.74, 6) is 1.61. The largest absolute Gasteiger partial charge is 0.493 e. The van der Waals surface area contributed by atoms with Crippen LogP contribution in [-0.2, 0) is 0 Å². The lowest BCUT2D eigenvalue weighted by molar-refractivity contribution is 0.221. The molecule has 3 N–H and O–H groups in total. The molecule has 0 atom stereocenters. The summed E-state index contributed by atoms with van der Waals surface area (Å²) in [6.07, 6.45) is 5.09. The first-order valence-electron chi connectivity index (χ1n) is 6.42. The van der Waals surface area contributed by atoms with Crippen LogP contribution in [0.5, 0.6) is 5.75 Å². The maximum atomic E-state index is 8.77. The van der Waals surface area contributed by atoms with Crippen LogP contribution in [0, 0.1) is 12.8 Å². The molecular formula is C14H20N2O2. The van der Waals surface area contributed by atoms with E-state index < -0.39 is 0 Å². The Bertz CT molecular complexity index is 439. The van der Waals surface area contributed by atoms with E-state index in [9.17, 15) is 0 Å². The number of nitrogens with zero attached hydrogens (tertiary/aromatic N) is 1. The minimum absolute atomic E-state index is 0.0948. The average molecular weight is 248 g/mol. The third kappa shape index (κ3) is 2.94. The fourth-order valence-electron chi connectivity index (χ4n) is 2.14. The Hall–Kier alpha value is -1.71. The first-order chi connectivity index (χ1) is 8.70. The summed E-state index contributed by atoms with van der Waals surface area (Å²) in [6, 6.07) is 5.71. The molecule has 4 nitrogen and oxygen atoms in total. The minimum atomic E-state index is 0.0948. The lowest BCUT2D eigenvalue weighted by Crippen LogP contribution is -2.17. The molecule has 1 aromatic carbocycles. The molecule has 0 bridgehead atoms. The van der Waals surface area contributed by atoms with Gasteiger partial charge in [-0.05, 0) is 31.4 Å². The Kier molecular flexibility index (Phi) is 4.07. The number of hydrogen-bond donors (Lipinski definition) is 2. The fourth-order valence-corrected chi connectivity index (χ4v) is 2.14. The molecule has 0 spiro atoms. The Morgan fingerprint density at radius 2 is 2.28 bits per heavy atom. The highest BCUT2D eigenvalue weighted by atomic mass is 16.5. The summed E-state index contributed by atoms with van der Waals surface area (Å²) in [5.41, 5.74) is 7.37. The Balaban J connectivity index is 2.01. The van der Waals surface area contributed by atoms with Crippen LogP contribution in [0.4, 0.5) is 0 Å². The minimum Gasteiger partial charge on any atom is -0.493 e. The first kappa shape index (κ1) is 12.7. The first-order valence-corrected chi connectivity index (χ1v) is 6.42. The maximum absolute atomic E-state index is 8.77. The summed E-state index contributed by atoms with van der Waals surface area (Å²) in [5, 5.41) is 11.8. The molecule has 0 radical (unpaired) electrons. The zero-order valence-electron chi connectivity index (χ0n) is 10.7. The van der Waals surface area contributed by atoms with Crippen LogP contribution in [-0.4, -0.2) is 17.6 Å². The van der Waals surface area contributed by atoms with Gasteiger partial charge >= 0.3 is 0 Å². The van der Waals surface area contributed by atoms with Crippen molar-refractivity contribution in [2.24, 2.45) is 16.8 Å². The molecule has 0 aromatic heterocycles. The van der Waals surface area contributed by atoms with E-state index in [-0.39, 0.29) is 5.84 Å². The molecule has 2 rings (SSSR count). The number of oxime groups is 1. The number of ether oxygens (including phenoxy) is 1. The van der Waals surface area contributed by atoms with E-state index in [2.05, 4.69) is 5.16 Å². The predicted octanol–water partition coefficient (Wildman–Crippen LogP) is 2.66. The van der Waals surface area contributed by atoms with E-state index in [0.29, 0.717) is 17.9 Å². The zero-order chi connectivity index (χ0) is 13.0. The van der Waals surface area contributed by atoms with Gasteiger partial charge in [0.25, 0.3) is 0 Å². The van der Waals surface area contributed by atoms with Gasteiger partial charge < -0.3 is 15.7 Å². The number of amidine groups is 1. The van der Waals surface area contributed by atoms with Gasteiger partial charge in [-0.2, -0.15) is 0 Å². The van der Waals surface area contributed by atoms with Crippen molar-refractivity contribution in [3.8, 4) is 5.75 Å². The van der Waals surface area contributed by atoms with Crippen molar-refractivity contribution < 1.29 is 9.94 Å². The lowest BCUT2D eigenvalue weighted by Gasteiger charge is -2.25. The number of nitrogens with two attached hydrogens (primary N) is 1. The van der Waals surface area contributed by atoms with Crippen LogP contribution < -0.4 is 10.5 Å². The summed E-state index contributed by atoms with van der Waals surface area (Å²) in [4.78, 5) is 0. The van der Waals surface area contributed by atoms with Gasteiger partial charge in [-0.3, -0.25) is 0 Å². The number of hydrogen-bond acceptors (Lipinski definition) is 3. The number of rotatable bonds is 5. The molecule has 0 heterocycles. The molecule has 0 aliphatic heterocycles. The molecule has 1 fully saturated rings. The second-order valence-electron chi connectivity index (χ2n) is 4.92. The Morgan fingerprint density at radius 3 is 2.89 bits per heavy atom. The highest BCUT2D eigenvalue weighted by Crippen LogP contribution is 2.29. The third-order valence-electron chi connectivity index (χ3n) is 3.53. The third-order valence-corrected chi connectivity index (χ3v) is 3.53. The van der Waals surface area contributed by atoms with Crippen molar-refractivity contribution in [2.75, 3.05) is 6.61 Å². The van der Waals surface area contributed by atoms with Crippen LogP contribution in [0.2, 0.25) is 0 Å². The van der Waals surface area contributed by atoms with Crippen LogP contribution in [0.1, 0.15) is 36.8 Å². The second-order valence-corrected chi connectivity index (χ2v) is 4.92. The average Bonchev–Trinajstić information content (AvgIpc) is 2.32. The highest BCUT2D eigenvalue weighted by Gasteiger charge is 2.17. The van der Waals surface area contributed by atoms with Gasteiger partial charge in [-0.25, -0.2) is 0 Å². The van der Waals surface area contributed by atoms with Crippen LogP contribution in [0.3, 0.4) is 0 Å². The second kappa shape index (κ2) is 5.76. The zero-order valence-corrected chi connectivity index (χ0v) is 10.7. The Morgan fingerprint density at radius 1 is 1.50 bits per heavy atom. The molecule has 0 amide bonds. The topological polar surface area (TPSA) is 67.8 Å². The molecule has 0 unspecified atom stereocenters. The molecule has 1 aliphatic rings. The predicted molar refractivity (Wildman–Crippen MR) is 71.1 cm³/mol. The molecule has 0 saturated heterocycles. The van der Waals surface area contributed by atoms with Crippen LogP contribution >= 0.6 is 0 Å². The van der Waals surface area contributed by atoms with Crippen molar-refractivity contribution >= 4 is 5.84 Å². The fraction of sp³-hybridized carbons (Fsp3) is 0.500. The molecule has 1 aromatic rings. The van der Waals surface area contributed by atoms with Crippen molar-refractivity contribution in [3.63, 3.8) is 0 Å². The van der Waals surface area contributed by atoms with Gasteiger partial charge in [0.15, 0.2) is 5.84 Å². The molecular weight excluding hydrogens is 228 g/mol. The quantitative estimate of drug-likeness (QED) is 0.364. The van der Waals surface area contributed by atoms with Crippen molar-refractivity contribution in [1.29, 1.82) is 0 Å². The van der Waals surface area contributed by atoms with Crippen LogP contribution in [0.15, 0.2) is 23.4 Å². The van der Waals surface area contributed by atoms with E-state index >= 15 is 0 Å². The van der Waals surface area contributed by atoms with E-state index in [4.69, 9.17) is 15.7 Å². The number of aryl methyl sites for hydroxylation is 1. The van der Waals surface area contributed by atoms with E-state index in [1.165, 1.54) is 19.3 Å². The van der Waals surface area contributed by atoms with Gasteiger partial charge in [-0.15, -0.1) is 0 Å². The Labute approximate surface area is 107 Å². The standard InChI is InChI=1S/C14H20N2O2/c1-10-5-6-13(12(9-10)14(15)16-17)18-8-7-11-3-2-4-11/h5-6,9,11,17H,2-4,7-8H2,1H3,(H2,15,16). The van der Waals surface area contributed by atoms with Gasteiger partial charge in [0.2, 0.25) is 0 Å². The molecule has 1 saturated carbocycles. The molecule has 4 heteroatoms. The van der Waals surface area contributed by atoms with Crippen molar-refractivity contribution in [1.82, 2.24) is 0 Å². The lowest BCUT2D eigenvalue weighted by atomic mass is 9.83. The highest BCUT2D eigenvalue weighted by molar-refractivity contribution is 5.99. The smallest absolute Gasteiger partial charge is 0.173 e. The van der Waals surface area contributed by atoms with Crippen LogP contribution in [0.25, 0.3) is 0 Å². The SMILES string of the molecule is Cc1ccc(OCCC2CCC2)c(/C(N)=N/O)c1. The van der Waals surface area contributed by atoms with Gasteiger partial charge in [0.05, 0.1) is 12.2 Å². The van der Waals surface area contributed by atoms with Gasteiger partial charge in [0, 0.05) is 0 Å². The van der Waals surface area contributed by atoms with Crippen molar-refractivity contribution in [2.45, 2.75) is 32.6 Å². The summed E-state index contributed by atoms with van der Waals surface area (Å²) < 4.78 is 5.75. The van der Waals surface area contributed by atoms with E-state index in [1.54, 1.807) is 0 Å².